The molecule has 3 heteroatoms. The Bertz CT molecular complexity index is 296. The molecule has 0 aromatic heterocycles. The molecule has 1 aliphatic rings. The Morgan fingerprint density at radius 2 is 2.25 bits per heavy atom. The molecule has 1 aromatic rings. The zero-order valence-corrected chi connectivity index (χ0v) is 6.53. The minimum absolute atomic E-state index is 0.165. The van der Waals surface area contributed by atoms with Gasteiger partial charge in [-0.25, -0.2) is 0 Å². The fraction of sp³-hybridized carbons (Fsp3) is 0.333. The van der Waals surface area contributed by atoms with E-state index in [0.29, 0.717) is 24.3 Å². The van der Waals surface area contributed by atoms with Gasteiger partial charge in [-0.2, -0.15) is 0 Å². The maximum Gasteiger partial charge on any atom is 0.125 e. The average molecular weight is 166 g/mol. The predicted octanol–water partition coefficient (Wildman–Crippen LogP) is 1.21. The van der Waals surface area contributed by atoms with Crippen molar-refractivity contribution in [3.05, 3.63) is 23.8 Å². The summed E-state index contributed by atoms with van der Waals surface area (Å²) in [5, 5.41) is 18.6. The third-order valence-corrected chi connectivity index (χ3v) is 2.00. The van der Waals surface area contributed by atoms with Crippen LogP contribution in [0.25, 0.3) is 0 Å². The molecular weight excluding hydrogens is 156 g/mol. The van der Waals surface area contributed by atoms with E-state index >= 15 is 0 Å². The second-order valence-corrected chi connectivity index (χ2v) is 2.88. The highest BCUT2D eigenvalue weighted by Crippen LogP contribution is 2.33. The van der Waals surface area contributed by atoms with Gasteiger partial charge in [-0.05, 0) is 18.2 Å². The predicted molar refractivity (Wildman–Crippen MR) is 43.2 cm³/mol. The Morgan fingerprint density at radius 3 is 3.08 bits per heavy atom. The molecule has 1 aliphatic heterocycles. The van der Waals surface area contributed by atoms with E-state index < -0.39 is 6.10 Å². The lowest BCUT2D eigenvalue weighted by molar-refractivity contribution is 0.115. The molecular formula is C9H10O3. The maximum absolute atomic E-state index is 9.49. The molecule has 2 N–H and O–H groups in total. The molecule has 0 saturated carbocycles. The molecule has 0 bridgehead atoms. The van der Waals surface area contributed by atoms with E-state index in [-0.39, 0.29) is 5.75 Å². The Morgan fingerprint density at radius 1 is 1.42 bits per heavy atom. The van der Waals surface area contributed by atoms with Crippen LogP contribution in [0, 0.1) is 0 Å². The van der Waals surface area contributed by atoms with Crippen LogP contribution in [0.15, 0.2) is 18.2 Å². The maximum atomic E-state index is 9.49. The van der Waals surface area contributed by atoms with Gasteiger partial charge in [0.05, 0.1) is 12.7 Å². The minimum atomic E-state index is -0.499. The molecule has 0 aliphatic carbocycles. The molecule has 1 atom stereocenters. The summed E-state index contributed by atoms with van der Waals surface area (Å²) in [6.07, 6.45) is 0.0945. The number of fused-ring (bicyclic) bond motifs is 1. The third-order valence-electron chi connectivity index (χ3n) is 2.00. The van der Waals surface area contributed by atoms with E-state index in [1.807, 2.05) is 0 Å². The Labute approximate surface area is 70.2 Å². The van der Waals surface area contributed by atoms with Crippen LogP contribution < -0.4 is 4.74 Å². The highest BCUT2D eigenvalue weighted by molar-refractivity contribution is 5.41. The number of aliphatic hydroxyl groups is 1. The number of aromatic hydroxyl groups is 1. The van der Waals surface area contributed by atoms with Crippen LogP contribution >= 0.6 is 0 Å². The van der Waals surface area contributed by atoms with Crippen molar-refractivity contribution >= 4 is 0 Å². The quantitative estimate of drug-likeness (QED) is 0.609. The molecule has 1 aromatic carbocycles. The van der Waals surface area contributed by atoms with E-state index in [4.69, 9.17) is 9.84 Å². The molecule has 64 valence electrons. The van der Waals surface area contributed by atoms with Crippen molar-refractivity contribution in [3.63, 3.8) is 0 Å². The number of rotatable bonds is 0. The Kier molecular flexibility index (Phi) is 1.66. The Hall–Kier alpha value is -1.22. The number of benzene rings is 1. The monoisotopic (exact) mass is 166 g/mol. The standard InChI is InChI=1S/C9H10O3/c10-6-1-2-9-7(5-6)8(11)3-4-12-9/h1-2,5,8,10-11H,3-4H2/t8-/m0/s1. The molecule has 3 nitrogen and oxygen atoms in total. The van der Waals surface area contributed by atoms with Gasteiger partial charge in [0.15, 0.2) is 0 Å². The molecule has 12 heavy (non-hydrogen) atoms. The number of phenols is 1. The molecule has 0 amide bonds. The van der Waals surface area contributed by atoms with E-state index in [2.05, 4.69) is 0 Å². The van der Waals surface area contributed by atoms with Gasteiger partial charge in [-0.1, -0.05) is 0 Å². The first-order valence-corrected chi connectivity index (χ1v) is 3.91. The zero-order valence-electron chi connectivity index (χ0n) is 6.53. The SMILES string of the molecule is Oc1ccc2c(c1)[C@@H](O)CCO2. The van der Waals surface area contributed by atoms with E-state index in [1.54, 1.807) is 18.2 Å². The van der Waals surface area contributed by atoms with Crippen LogP contribution in [-0.4, -0.2) is 16.8 Å². The van der Waals surface area contributed by atoms with Gasteiger partial charge in [0.2, 0.25) is 0 Å². The van der Waals surface area contributed by atoms with Gasteiger partial charge >= 0.3 is 0 Å². The van der Waals surface area contributed by atoms with Crippen molar-refractivity contribution in [1.29, 1.82) is 0 Å². The number of hydrogen-bond donors (Lipinski definition) is 2. The molecule has 0 spiro atoms. The summed E-state index contributed by atoms with van der Waals surface area (Å²) in [6.45, 7) is 0.541. The number of phenolic OH excluding ortho intramolecular Hbond substituents is 1. The summed E-state index contributed by atoms with van der Waals surface area (Å²) in [6, 6.07) is 4.77. The summed E-state index contributed by atoms with van der Waals surface area (Å²) in [7, 11) is 0. The number of hydrogen-bond acceptors (Lipinski definition) is 3. The number of aliphatic hydroxyl groups excluding tert-OH is 1. The lowest BCUT2D eigenvalue weighted by atomic mass is 10.0. The van der Waals surface area contributed by atoms with Crippen LogP contribution in [0.5, 0.6) is 11.5 Å². The van der Waals surface area contributed by atoms with Crippen LogP contribution in [0.3, 0.4) is 0 Å². The van der Waals surface area contributed by atoms with Crippen molar-refractivity contribution in [2.75, 3.05) is 6.61 Å². The highest BCUT2D eigenvalue weighted by Gasteiger charge is 2.18. The second kappa shape index (κ2) is 2.68. The Balaban J connectivity index is 2.47. The van der Waals surface area contributed by atoms with Crippen molar-refractivity contribution in [2.45, 2.75) is 12.5 Å². The van der Waals surface area contributed by atoms with Crippen LogP contribution in [0.4, 0.5) is 0 Å². The van der Waals surface area contributed by atoms with Gasteiger partial charge in [0.1, 0.15) is 11.5 Å². The molecule has 0 saturated heterocycles. The summed E-state index contributed by atoms with van der Waals surface area (Å²) in [5.41, 5.74) is 0.682. The molecule has 0 fully saturated rings. The molecule has 2 rings (SSSR count). The topological polar surface area (TPSA) is 49.7 Å². The van der Waals surface area contributed by atoms with Crippen molar-refractivity contribution < 1.29 is 14.9 Å². The third kappa shape index (κ3) is 1.12. The lowest BCUT2D eigenvalue weighted by Gasteiger charge is -2.21. The summed E-state index contributed by atoms with van der Waals surface area (Å²) in [5.74, 6) is 0.838. The van der Waals surface area contributed by atoms with E-state index in [1.165, 1.54) is 0 Å². The van der Waals surface area contributed by atoms with Crippen molar-refractivity contribution in [3.8, 4) is 11.5 Å². The van der Waals surface area contributed by atoms with Gasteiger partial charge in [0.25, 0.3) is 0 Å². The van der Waals surface area contributed by atoms with Crippen LogP contribution in [0.1, 0.15) is 18.1 Å². The zero-order chi connectivity index (χ0) is 8.55. The first-order valence-electron chi connectivity index (χ1n) is 3.91. The number of ether oxygens (including phenoxy) is 1. The van der Waals surface area contributed by atoms with Gasteiger partial charge in [-0.15, -0.1) is 0 Å². The summed E-state index contributed by atoms with van der Waals surface area (Å²) >= 11 is 0. The average Bonchev–Trinajstić information content (AvgIpc) is 2.07. The fourth-order valence-electron chi connectivity index (χ4n) is 1.36. The summed E-state index contributed by atoms with van der Waals surface area (Å²) in [4.78, 5) is 0. The molecule has 1 heterocycles. The minimum Gasteiger partial charge on any atom is -0.508 e. The smallest absolute Gasteiger partial charge is 0.125 e. The van der Waals surface area contributed by atoms with E-state index in [9.17, 15) is 5.11 Å². The molecule has 0 radical (unpaired) electrons. The van der Waals surface area contributed by atoms with Crippen LogP contribution in [0.2, 0.25) is 0 Å². The van der Waals surface area contributed by atoms with Gasteiger partial charge in [-0.3, -0.25) is 0 Å². The normalized spacial score (nSPS) is 21.2. The first-order chi connectivity index (χ1) is 5.77. The van der Waals surface area contributed by atoms with Gasteiger partial charge < -0.3 is 14.9 Å². The highest BCUT2D eigenvalue weighted by atomic mass is 16.5. The summed E-state index contributed by atoms with van der Waals surface area (Å²) < 4.78 is 5.28. The first kappa shape index (κ1) is 7.43. The van der Waals surface area contributed by atoms with Crippen LogP contribution in [-0.2, 0) is 0 Å². The second-order valence-electron chi connectivity index (χ2n) is 2.88. The van der Waals surface area contributed by atoms with Gasteiger partial charge in [0, 0.05) is 12.0 Å². The van der Waals surface area contributed by atoms with Crippen molar-refractivity contribution in [1.82, 2.24) is 0 Å². The fourth-order valence-corrected chi connectivity index (χ4v) is 1.36. The lowest BCUT2D eigenvalue weighted by Crippen LogP contribution is -2.13. The molecule has 0 unspecified atom stereocenters. The largest absolute Gasteiger partial charge is 0.508 e. The van der Waals surface area contributed by atoms with Crippen molar-refractivity contribution in [2.24, 2.45) is 0 Å². The van der Waals surface area contributed by atoms with E-state index in [0.717, 1.165) is 0 Å².